The van der Waals surface area contributed by atoms with E-state index in [1.165, 1.54) is 12.1 Å². The Hall–Kier alpha value is -5.06. The average molecular weight is 562 g/mol. The Kier molecular flexibility index (Phi) is 7.27. The summed E-state index contributed by atoms with van der Waals surface area (Å²) < 4.78 is 55.4. The first kappa shape index (κ1) is 27.5. The van der Waals surface area contributed by atoms with Gasteiger partial charge in [0.1, 0.15) is 18.2 Å². The van der Waals surface area contributed by atoms with Gasteiger partial charge in [0.25, 0.3) is 0 Å². The van der Waals surface area contributed by atoms with Gasteiger partial charge in [-0.1, -0.05) is 36.4 Å². The van der Waals surface area contributed by atoms with Crippen molar-refractivity contribution in [1.29, 1.82) is 0 Å². The molecule has 5 aromatic rings. The van der Waals surface area contributed by atoms with Crippen LogP contribution in [0.5, 0.6) is 0 Å². The number of rotatable bonds is 7. The topological polar surface area (TPSA) is 95.8 Å². The molecule has 3 aromatic heterocycles. The molecule has 0 saturated carbocycles. The number of Topliss-reactive ketones (excluding diaryl/α,β-unsaturated/α-hetero) is 1. The molecule has 2 N–H and O–H groups in total. The number of hydrogen-bond donors (Lipinski definition) is 1. The number of pyridine rings is 2. The molecule has 0 amide bonds. The van der Waals surface area contributed by atoms with Gasteiger partial charge >= 0.3 is 6.18 Å². The molecular formula is C30H23F4N5O2. The summed E-state index contributed by atoms with van der Waals surface area (Å²) in [5.41, 5.74) is 8.70. The van der Waals surface area contributed by atoms with Gasteiger partial charge in [-0.2, -0.15) is 18.3 Å². The van der Waals surface area contributed by atoms with Crippen LogP contribution in [-0.4, -0.2) is 31.3 Å². The molecule has 0 atom stereocenters. The highest BCUT2D eigenvalue weighted by molar-refractivity contribution is 5.98. The zero-order valence-electron chi connectivity index (χ0n) is 21.7. The van der Waals surface area contributed by atoms with E-state index in [1.54, 1.807) is 48.4 Å². The number of carbonyl (C=O) groups is 1. The van der Waals surface area contributed by atoms with E-state index < -0.39 is 35.3 Å². The summed E-state index contributed by atoms with van der Waals surface area (Å²) >= 11 is 0. The maximum absolute atomic E-state index is 13.4. The lowest BCUT2D eigenvalue weighted by atomic mass is 9.97. The first-order valence-corrected chi connectivity index (χ1v) is 12.4. The summed E-state index contributed by atoms with van der Waals surface area (Å²) in [4.78, 5) is 30.7. The van der Waals surface area contributed by atoms with Crippen molar-refractivity contribution in [2.75, 3.05) is 5.73 Å². The van der Waals surface area contributed by atoms with Crippen molar-refractivity contribution < 1.29 is 22.4 Å². The van der Waals surface area contributed by atoms with Crippen LogP contribution in [0.15, 0.2) is 90.4 Å². The fourth-order valence-electron chi connectivity index (χ4n) is 4.48. The van der Waals surface area contributed by atoms with Crippen LogP contribution >= 0.6 is 0 Å². The zero-order chi connectivity index (χ0) is 29.3. The van der Waals surface area contributed by atoms with Crippen LogP contribution in [0.3, 0.4) is 0 Å². The van der Waals surface area contributed by atoms with Crippen molar-refractivity contribution >= 4 is 11.6 Å². The van der Waals surface area contributed by atoms with Crippen molar-refractivity contribution in [2.45, 2.75) is 19.1 Å². The van der Waals surface area contributed by atoms with Gasteiger partial charge in [-0.3, -0.25) is 14.3 Å². The Morgan fingerprint density at radius 3 is 2.17 bits per heavy atom. The number of aryl methyl sites for hydroxylation is 1. The van der Waals surface area contributed by atoms with E-state index in [4.69, 9.17) is 5.73 Å². The highest BCUT2D eigenvalue weighted by Crippen LogP contribution is 2.30. The maximum atomic E-state index is 13.4. The van der Waals surface area contributed by atoms with E-state index >= 15 is 0 Å². The van der Waals surface area contributed by atoms with Crippen molar-refractivity contribution in [2.24, 2.45) is 7.05 Å². The molecule has 0 aliphatic heterocycles. The molecule has 2 aromatic carbocycles. The lowest BCUT2D eigenvalue weighted by molar-refractivity contribution is -0.140. The van der Waals surface area contributed by atoms with Gasteiger partial charge < -0.3 is 10.3 Å². The number of nitrogens with zero attached hydrogens (tertiary/aromatic N) is 4. The minimum absolute atomic E-state index is 0.132. The number of nitrogen functional groups attached to an aromatic ring is 1. The normalized spacial score (nSPS) is 11.5. The Morgan fingerprint density at radius 1 is 0.878 bits per heavy atom. The molecule has 5 rings (SSSR count). The van der Waals surface area contributed by atoms with E-state index in [1.807, 2.05) is 12.3 Å². The fourth-order valence-corrected chi connectivity index (χ4v) is 4.48. The molecule has 208 valence electrons. The SMILES string of the molecule is Cn1cc(-c2cnc(N)c(-c3ccc(CC(=O)c4cn(CC(F)(F)F)cc(-c5ccc(F)cc5)c4=O)cc3)c2)cn1. The predicted octanol–water partition coefficient (Wildman–Crippen LogP) is 5.69. The first-order valence-electron chi connectivity index (χ1n) is 12.4. The molecular weight excluding hydrogens is 538 g/mol. The number of aromatic nitrogens is 4. The summed E-state index contributed by atoms with van der Waals surface area (Å²) in [7, 11) is 1.81. The summed E-state index contributed by atoms with van der Waals surface area (Å²) in [6.45, 7) is -1.40. The number of halogens is 4. The number of hydrogen-bond acceptors (Lipinski definition) is 5. The molecule has 11 heteroatoms. The Balaban J connectivity index is 1.44. The zero-order valence-corrected chi connectivity index (χ0v) is 21.7. The van der Waals surface area contributed by atoms with E-state index in [-0.39, 0.29) is 17.5 Å². The van der Waals surface area contributed by atoms with Gasteiger partial charge in [0.05, 0.1) is 11.8 Å². The largest absolute Gasteiger partial charge is 0.406 e. The van der Waals surface area contributed by atoms with Crippen LogP contribution < -0.4 is 11.2 Å². The van der Waals surface area contributed by atoms with Crippen LogP contribution in [0.2, 0.25) is 0 Å². The number of ketones is 1. The number of benzene rings is 2. The summed E-state index contributed by atoms with van der Waals surface area (Å²) in [5.74, 6) is -0.909. The minimum atomic E-state index is -4.59. The molecule has 0 fully saturated rings. The predicted molar refractivity (Wildman–Crippen MR) is 146 cm³/mol. The van der Waals surface area contributed by atoms with Crippen LogP contribution in [0.25, 0.3) is 33.4 Å². The van der Waals surface area contributed by atoms with E-state index in [0.29, 0.717) is 16.9 Å². The molecule has 0 aliphatic carbocycles. The Labute approximate surface area is 231 Å². The minimum Gasteiger partial charge on any atom is -0.383 e. The van der Waals surface area contributed by atoms with Gasteiger partial charge in [0, 0.05) is 60.5 Å². The van der Waals surface area contributed by atoms with Gasteiger partial charge in [-0.25, -0.2) is 9.37 Å². The van der Waals surface area contributed by atoms with Gasteiger partial charge in [-0.15, -0.1) is 0 Å². The van der Waals surface area contributed by atoms with E-state index in [2.05, 4.69) is 10.1 Å². The van der Waals surface area contributed by atoms with Gasteiger partial charge in [-0.05, 0) is 34.9 Å². The third-order valence-corrected chi connectivity index (χ3v) is 6.48. The first-order chi connectivity index (χ1) is 19.5. The third kappa shape index (κ3) is 6.24. The summed E-state index contributed by atoms with van der Waals surface area (Å²) in [6, 6.07) is 13.5. The van der Waals surface area contributed by atoms with Gasteiger partial charge in [0.15, 0.2) is 11.2 Å². The van der Waals surface area contributed by atoms with Crippen molar-refractivity contribution in [1.82, 2.24) is 19.3 Å². The molecule has 0 radical (unpaired) electrons. The summed E-state index contributed by atoms with van der Waals surface area (Å²) in [6.07, 6.45) is 2.32. The molecule has 0 unspecified atom stereocenters. The molecule has 41 heavy (non-hydrogen) atoms. The van der Waals surface area contributed by atoms with E-state index in [0.717, 1.165) is 45.8 Å². The van der Waals surface area contributed by atoms with Crippen molar-refractivity contribution in [3.8, 4) is 33.4 Å². The molecule has 3 heterocycles. The van der Waals surface area contributed by atoms with Crippen molar-refractivity contribution in [3.63, 3.8) is 0 Å². The Bertz CT molecular complexity index is 1790. The second kappa shape index (κ2) is 10.8. The van der Waals surface area contributed by atoms with E-state index in [9.17, 15) is 27.2 Å². The molecule has 7 nitrogen and oxygen atoms in total. The lowest BCUT2D eigenvalue weighted by Gasteiger charge is -2.14. The van der Waals surface area contributed by atoms with Crippen LogP contribution in [-0.2, 0) is 20.0 Å². The van der Waals surface area contributed by atoms with Gasteiger partial charge in [0.2, 0.25) is 0 Å². The monoisotopic (exact) mass is 561 g/mol. The highest BCUT2D eigenvalue weighted by Gasteiger charge is 2.29. The Morgan fingerprint density at radius 2 is 1.54 bits per heavy atom. The maximum Gasteiger partial charge on any atom is 0.406 e. The van der Waals surface area contributed by atoms with Crippen LogP contribution in [0.1, 0.15) is 15.9 Å². The third-order valence-electron chi connectivity index (χ3n) is 6.48. The van der Waals surface area contributed by atoms with Crippen LogP contribution in [0, 0.1) is 5.82 Å². The molecule has 0 aliphatic rings. The second-order valence-electron chi connectivity index (χ2n) is 9.57. The number of anilines is 1. The lowest BCUT2D eigenvalue weighted by Crippen LogP contribution is -2.24. The highest BCUT2D eigenvalue weighted by atomic mass is 19.4. The molecule has 0 saturated heterocycles. The van der Waals surface area contributed by atoms with Crippen LogP contribution in [0.4, 0.5) is 23.4 Å². The summed E-state index contributed by atoms with van der Waals surface area (Å²) in [5, 5.41) is 4.17. The molecule has 0 spiro atoms. The standard InChI is InChI=1S/C30H23F4N5O2/c1-38-14-22(13-37-38)21-11-24(29(35)36-12-21)19-4-2-18(3-5-19)10-27(40)26-16-39(17-30(32,33)34)15-25(28(26)41)20-6-8-23(31)9-7-20/h2-9,11-16H,10,17H2,1H3,(H2,35,36). The number of carbonyl (C=O) groups excluding carboxylic acids is 1. The average Bonchev–Trinajstić information content (AvgIpc) is 3.36. The number of nitrogens with two attached hydrogens (primary N) is 1. The van der Waals surface area contributed by atoms with Crippen molar-refractivity contribution in [3.05, 3.63) is 113 Å². The smallest absolute Gasteiger partial charge is 0.383 e. The quantitative estimate of drug-likeness (QED) is 0.204. The fraction of sp³-hybridized carbons (Fsp3) is 0.133. The molecule has 0 bridgehead atoms. The second-order valence-corrected chi connectivity index (χ2v) is 9.57. The number of alkyl halides is 3.